The summed E-state index contributed by atoms with van der Waals surface area (Å²) in [5.74, 6) is 2.85. The van der Waals surface area contributed by atoms with Crippen LogP contribution in [0.5, 0.6) is 0 Å². The monoisotopic (exact) mass is 270 g/mol. The van der Waals surface area contributed by atoms with Crippen LogP contribution in [0.25, 0.3) is 0 Å². The smallest absolute Gasteiger partial charge is 0.168 e. The minimum atomic E-state index is 0.282. The van der Waals surface area contributed by atoms with Gasteiger partial charge in [0, 0.05) is 26.7 Å². The summed E-state index contributed by atoms with van der Waals surface area (Å²) >= 11 is 5.45. The lowest BCUT2D eigenvalue weighted by molar-refractivity contribution is 0.177. The Morgan fingerprint density at radius 1 is 1.44 bits per heavy atom. The number of nitrogens with zero attached hydrogens (tertiary/aromatic N) is 1. The van der Waals surface area contributed by atoms with Crippen molar-refractivity contribution in [1.29, 1.82) is 0 Å². The fourth-order valence-corrected chi connectivity index (χ4v) is 3.92. The molecule has 18 heavy (non-hydrogen) atoms. The molecule has 3 nitrogen and oxygen atoms in total. The van der Waals surface area contributed by atoms with E-state index < -0.39 is 0 Å². The van der Waals surface area contributed by atoms with Gasteiger partial charge in [0.1, 0.15) is 0 Å². The third kappa shape index (κ3) is 3.35. The number of fused-ring (bicyclic) bond motifs is 2. The third-order valence-corrected chi connectivity index (χ3v) is 4.96. The van der Waals surface area contributed by atoms with E-state index in [1.165, 1.54) is 25.7 Å². The summed E-state index contributed by atoms with van der Waals surface area (Å²) in [4.78, 5) is 2.22. The number of nitrogens with one attached hydrogen (secondary N) is 1. The zero-order valence-corrected chi connectivity index (χ0v) is 12.6. The van der Waals surface area contributed by atoms with Gasteiger partial charge in [0.15, 0.2) is 5.11 Å². The van der Waals surface area contributed by atoms with Gasteiger partial charge in [-0.3, -0.25) is 0 Å². The molecule has 4 unspecified atom stereocenters. The van der Waals surface area contributed by atoms with Crippen LogP contribution in [-0.4, -0.2) is 43.4 Å². The van der Waals surface area contributed by atoms with E-state index in [2.05, 4.69) is 24.2 Å². The Kier molecular flexibility index (Phi) is 4.84. The number of ether oxygens (including phenoxy) is 1. The number of hydrogen-bond donors (Lipinski definition) is 1. The molecule has 2 rings (SSSR count). The van der Waals surface area contributed by atoms with Crippen LogP contribution in [-0.2, 0) is 4.74 Å². The van der Waals surface area contributed by atoms with Gasteiger partial charge in [-0.25, -0.2) is 0 Å². The van der Waals surface area contributed by atoms with Gasteiger partial charge in [0.2, 0.25) is 0 Å². The molecule has 0 heterocycles. The lowest BCUT2D eigenvalue weighted by Crippen LogP contribution is -2.45. The molecular formula is C14H26N2OS. The first-order valence-corrected chi connectivity index (χ1v) is 7.51. The maximum Gasteiger partial charge on any atom is 0.168 e. The van der Waals surface area contributed by atoms with Gasteiger partial charge in [-0.15, -0.1) is 0 Å². The van der Waals surface area contributed by atoms with E-state index in [0.29, 0.717) is 6.61 Å². The molecule has 2 bridgehead atoms. The Balaban J connectivity index is 1.74. The zero-order valence-electron chi connectivity index (χ0n) is 11.8. The minimum Gasteiger partial charge on any atom is -0.383 e. The molecule has 0 aliphatic heterocycles. The first kappa shape index (κ1) is 14.1. The molecular weight excluding hydrogens is 244 g/mol. The van der Waals surface area contributed by atoms with Crippen molar-refractivity contribution >= 4 is 17.3 Å². The van der Waals surface area contributed by atoms with Crippen molar-refractivity contribution in [3.8, 4) is 0 Å². The first-order chi connectivity index (χ1) is 8.60. The summed E-state index contributed by atoms with van der Waals surface area (Å²) in [5, 5.41) is 4.19. The summed E-state index contributed by atoms with van der Waals surface area (Å²) in [6.45, 7) is 3.91. The van der Waals surface area contributed by atoms with E-state index in [-0.39, 0.29) is 6.04 Å². The second-order valence-electron chi connectivity index (χ2n) is 6.12. The fourth-order valence-electron chi connectivity index (χ4n) is 3.65. The quantitative estimate of drug-likeness (QED) is 0.775. The number of methoxy groups -OCH3 is 1. The van der Waals surface area contributed by atoms with Crippen LogP contribution in [0.4, 0.5) is 0 Å². The second-order valence-corrected chi connectivity index (χ2v) is 6.51. The SMILES string of the molecule is COCC(C)NC(=S)N(C)CC1CC2CCC1C2. The molecule has 0 saturated heterocycles. The van der Waals surface area contributed by atoms with Crippen molar-refractivity contribution in [3.05, 3.63) is 0 Å². The van der Waals surface area contributed by atoms with E-state index >= 15 is 0 Å². The van der Waals surface area contributed by atoms with E-state index in [4.69, 9.17) is 17.0 Å². The Morgan fingerprint density at radius 3 is 2.78 bits per heavy atom. The van der Waals surface area contributed by atoms with E-state index in [9.17, 15) is 0 Å². The lowest BCUT2D eigenvalue weighted by atomic mass is 9.88. The van der Waals surface area contributed by atoms with Gasteiger partial charge in [-0.2, -0.15) is 0 Å². The average molecular weight is 270 g/mol. The van der Waals surface area contributed by atoms with Crippen molar-refractivity contribution in [1.82, 2.24) is 10.2 Å². The van der Waals surface area contributed by atoms with Crippen LogP contribution in [0.3, 0.4) is 0 Å². The molecule has 0 amide bonds. The highest BCUT2D eigenvalue weighted by Gasteiger charge is 2.39. The van der Waals surface area contributed by atoms with Crippen molar-refractivity contribution in [3.63, 3.8) is 0 Å². The number of hydrogen-bond acceptors (Lipinski definition) is 2. The maximum atomic E-state index is 5.45. The molecule has 2 aliphatic rings. The summed E-state index contributed by atoms with van der Waals surface area (Å²) in [5.41, 5.74) is 0. The van der Waals surface area contributed by atoms with Crippen molar-refractivity contribution < 1.29 is 4.74 Å². The van der Waals surface area contributed by atoms with Crippen LogP contribution < -0.4 is 5.32 Å². The lowest BCUT2D eigenvalue weighted by Gasteiger charge is -2.30. The predicted octanol–water partition coefficient (Wildman–Crippen LogP) is 2.26. The molecule has 2 aliphatic carbocycles. The van der Waals surface area contributed by atoms with Gasteiger partial charge in [-0.1, -0.05) is 6.42 Å². The molecule has 0 spiro atoms. The molecule has 4 heteroatoms. The second kappa shape index (κ2) is 6.20. The Hall–Kier alpha value is -0.350. The first-order valence-electron chi connectivity index (χ1n) is 7.10. The molecule has 0 radical (unpaired) electrons. The van der Waals surface area contributed by atoms with E-state index in [1.807, 2.05) is 0 Å². The van der Waals surface area contributed by atoms with Crippen LogP contribution in [0.2, 0.25) is 0 Å². The zero-order chi connectivity index (χ0) is 13.1. The fraction of sp³-hybridized carbons (Fsp3) is 0.929. The molecule has 104 valence electrons. The minimum absolute atomic E-state index is 0.282. The molecule has 1 N–H and O–H groups in total. The van der Waals surface area contributed by atoms with Gasteiger partial charge >= 0.3 is 0 Å². The maximum absolute atomic E-state index is 5.45. The summed E-state index contributed by atoms with van der Waals surface area (Å²) in [6, 6.07) is 0.282. The number of thiocarbonyl (C=S) groups is 1. The molecule has 0 aromatic carbocycles. The largest absolute Gasteiger partial charge is 0.383 e. The summed E-state index contributed by atoms with van der Waals surface area (Å²) < 4.78 is 5.12. The predicted molar refractivity (Wildman–Crippen MR) is 78.6 cm³/mol. The Morgan fingerprint density at radius 2 is 2.22 bits per heavy atom. The highest BCUT2D eigenvalue weighted by Crippen LogP contribution is 2.48. The molecule has 2 saturated carbocycles. The highest BCUT2D eigenvalue weighted by molar-refractivity contribution is 7.80. The van der Waals surface area contributed by atoms with Crippen molar-refractivity contribution in [2.24, 2.45) is 17.8 Å². The van der Waals surface area contributed by atoms with E-state index in [1.54, 1.807) is 7.11 Å². The van der Waals surface area contributed by atoms with Crippen molar-refractivity contribution in [2.75, 3.05) is 27.3 Å². The van der Waals surface area contributed by atoms with E-state index in [0.717, 1.165) is 29.4 Å². The third-order valence-electron chi connectivity index (χ3n) is 4.53. The van der Waals surface area contributed by atoms with Gasteiger partial charge in [0.05, 0.1) is 6.61 Å². The summed E-state index contributed by atoms with van der Waals surface area (Å²) in [6.07, 6.45) is 5.81. The van der Waals surface area contributed by atoms with Crippen LogP contribution >= 0.6 is 12.2 Å². The average Bonchev–Trinajstić information content (AvgIpc) is 2.90. The topological polar surface area (TPSA) is 24.5 Å². The van der Waals surface area contributed by atoms with Gasteiger partial charge in [0.25, 0.3) is 0 Å². The molecule has 0 aromatic rings. The standard InChI is InChI=1S/C14H26N2OS/c1-10(9-17-3)15-14(18)16(2)8-13-7-11-4-5-12(13)6-11/h10-13H,4-9H2,1-3H3,(H,15,18). The molecule has 4 atom stereocenters. The van der Waals surface area contributed by atoms with Crippen LogP contribution in [0, 0.1) is 17.8 Å². The molecule has 0 aromatic heterocycles. The van der Waals surface area contributed by atoms with Gasteiger partial charge in [-0.05, 0) is 56.2 Å². The Labute approximate surface area is 116 Å². The highest BCUT2D eigenvalue weighted by atomic mass is 32.1. The number of rotatable bonds is 5. The van der Waals surface area contributed by atoms with Crippen LogP contribution in [0.1, 0.15) is 32.6 Å². The normalized spacial score (nSPS) is 31.4. The summed E-state index contributed by atoms with van der Waals surface area (Å²) in [7, 11) is 3.83. The van der Waals surface area contributed by atoms with Gasteiger partial charge < -0.3 is 15.0 Å². The van der Waals surface area contributed by atoms with Crippen molar-refractivity contribution in [2.45, 2.75) is 38.6 Å². The Bertz CT molecular complexity index is 298. The molecule has 2 fully saturated rings. The van der Waals surface area contributed by atoms with Crippen LogP contribution in [0.15, 0.2) is 0 Å².